The third-order valence-corrected chi connectivity index (χ3v) is 2.99. The molecule has 0 unspecified atom stereocenters. The minimum Gasteiger partial charge on any atom is -0.319 e. The van der Waals surface area contributed by atoms with E-state index in [9.17, 15) is 18.1 Å². The van der Waals surface area contributed by atoms with E-state index in [-0.39, 0.29) is 10.4 Å². The first-order valence-corrected chi connectivity index (χ1v) is 5.56. The molecular weight excluding hydrogens is 234 g/mol. The van der Waals surface area contributed by atoms with Gasteiger partial charge in [-0.3, -0.25) is 4.79 Å². The molecule has 0 aliphatic heterocycles. The van der Waals surface area contributed by atoms with Crippen LogP contribution in [0.2, 0.25) is 0 Å². The van der Waals surface area contributed by atoms with Crippen molar-refractivity contribution in [2.45, 2.75) is 4.90 Å². The molecule has 16 heavy (non-hydrogen) atoms. The Morgan fingerprint density at radius 2 is 2.06 bits per heavy atom. The number of nitrogens with zero attached hydrogens (tertiary/aromatic N) is 2. The van der Waals surface area contributed by atoms with E-state index < -0.39 is 15.6 Å². The van der Waals surface area contributed by atoms with Gasteiger partial charge in [0.25, 0.3) is 5.56 Å². The van der Waals surface area contributed by atoms with Crippen LogP contribution in [0.3, 0.4) is 0 Å². The first kappa shape index (κ1) is 10.4. The number of nitrogens with one attached hydrogen (secondary N) is 1. The topological polar surface area (TPSA) is 109 Å². The Morgan fingerprint density at radius 1 is 1.31 bits per heavy atom. The average Bonchev–Trinajstić information content (AvgIpc) is 2.28. The van der Waals surface area contributed by atoms with Crippen LogP contribution < -0.4 is 5.56 Å². The minimum atomic E-state index is -4.16. The van der Waals surface area contributed by atoms with Crippen molar-refractivity contribution < 1.29 is 8.42 Å². The fourth-order valence-electron chi connectivity index (χ4n) is 1.22. The molecule has 0 saturated heterocycles. The Bertz CT molecular complexity index is 719. The van der Waals surface area contributed by atoms with Crippen LogP contribution in [0.25, 0.3) is 11.0 Å². The Morgan fingerprint density at radius 3 is 2.75 bits per heavy atom. The second kappa shape index (κ2) is 3.49. The summed E-state index contributed by atoms with van der Waals surface area (Å²) >= 11 is 0. The van der Waals surface area contributed by atoms with E-state index in [1.165, 1.54) is 18.2 Å². The molecule has 0 spiro atoms. The molecule has 2 rings (SSSR count). The first-order valence-electron chi connectivity index (χ1n) is 4.12. The van der Waals surface area contributed by atoms with Crippen molar-refractivity contribution in [1.82, 2.24) is 9.97 Å². The highest BCUT2D eigenvalue weighted by atomic mass is 32.2. The van der Waals surface area contributed by atoms with Crippen LogP contribution in [-0.2, 0) is 10.0 Å². The number of aromatic amines is 1. The van der Waals surface area contributed by atoms with E-state index in [0.29, 0.717) is 5.52 Å². The normalized spacial score (nSPS) is 11.5. The van der Waals surface area contributed by atoms with Crippen molar-refractivity contribution in [2.24, 2.45) is 4.58 Å². The van der Waals surface area contributed by atoms with Crippen LogP contribution in [0, 0.1) is 4.91 Å². The number of nitroso groups, excluding NO2 is 1. The van der Waals surface area contributed by atoms with E-state index >= 15 is 0 Å². The van der Waals surface area contributed by atoms with E-state index in [1.54, 1.807) is 0 Å². The highest BCUT2D eigenvalue weighted by Crippen LogP contribution is 2.16. The quantitative estimate of drug-likeness (QED) is 0.761. The smallest absolute Gasteiger partial charge is 0.317 e. The summed E-state index contributed by atoms with van der Waals surface area (Å²) in [5, 5.41) is 0. The Hall–Kier alpha value is -2.09. The lowest BCUT2D eigenvalue weighted by molar-refractivity contribution is 0.597. The monoisotopic (exact) mass is 239 g/mol. The summed E-state index contributed by atoms with van der Waals surface area (Å²) in [7, 11) is -4.16. The number of fused-ring (bicyclic) bond motifs is 1. The number of aromatic nitrogens is 2. The minimum absolute atomic E-state index is 0.255. The van der Waals surface area contributed by atoms with Crippen molar-refractivity contribution in [3.05, 3.63) is 39.7 Å². The summed E-state index contributed by atoms with van der Waals surface area (Å²) < 4.78 is 24.3. The van der Waals surface area contributed by atoms with Crippen LogP contribution in [0.5, 0.6) is 0 Å². The third kappa shape index (κ3) is 1.70. The van der Waals surface area contributed by atoms with E-state index in [4.69, 9.17) is 0 Å². The highest BCUT2D eigenvalue weighted by Gasteiger charge is 2.14. The molecule has 8 heteroatoms. The molecule has 0 fully saturated rings. The van der Waals surface area contributed by atoms with Gasteiger partial charge in [0, 0.05) is 0 Å². The van der Waals surface area contributed by atoms with Crippen LogP contribution in [0.4, 0.5) is 0 Å². The molecule has 0 aliphatic carbocycles. The number of rotatable bonds is 2. The molecule has 1 N–H and O–H groups in total. The summed E-state index contributed by atoms with van der Waals surface area (Å²) in [6, 6.07) is 3.69. The SMILES string of the molecule is O=NS(=O)(=O)c1ccc2[nH]c(=O)cnc2c1. The second-order valence-electron chi connectivity index (χ2n) is 2.98. The van der Waals surface area contributed by atoms with Gasteiger partial charge >= 0.3 is 10.0 Å². The number of hydrogen-bond donors (Lipinski definition) is 1. The van der Waals surface area contributed by atoms with Gasteiger partial charge in [-0.1, -0.05) is 0 Å². The molecule has 0 radical (unpaired) electrons. The number of benzene rings is 1. The Kier molecular flexibility index (Phi) is 2.27. The van der Waals surface area contributed by atoms with Crippen LogP contribution >= 0.6 is 0 Å². The van der Waals surface area contributed by atoms with Gasteiger partial charge in [0.05, 0.1) is 26.7 Å². The molecule has 1 aromatic carbocycles. The lowest BCUT2D eigenvalue weighted by Gasteiger charge is -1.98. The van der Waals surface area contributed by atoms with Gasteiger partial charge in [-0.15, -0.1) is 4.91 Å². The fourth-order valence-corrected chi connectivity index (χ4v) is 1.81. The van der Waals surface area contributed by atoms with Crippen molar-refractivity contribution in [3.63, 3.8) is 0 Å². The summed E-state index contributed by atoms with van der Waals surface area (Å²) in [6.07, 6.45) is 1.02. The van der Waals surface area contributed by atoms with Crippen LogP contribution in [0.1, 0.15) is 0 Å². The first-order chi connectivity index (χ1) is 7.53. The number of hydrogen-bond acceptors (Lipinski definition) is 5. The maximum absolute atomic E-state index is 11.1. The Balaban J connectivity index is 2.75. The van der Waals surface area contributed by atoms with E-state index in [0.717, 1.165) is 6.20 Å². The molecule has 0 atom stereocenters. The zero-order chi connectivity index (χ0) is 11.8. The molecular formula is C8H5N3O4S. The predicted molar refractivity (Wildman–Crippen MR) is 55.3 cm³/mol. The highest BCUT2D eigenvalue weighted by molar-refractivity contribution is 7.90. The summed E-state index contributed by atoms with van der Waals surface area (Å²) in [4.78, 5) is 27.0. The lowest BCUT2D eigenvalue weighted by Crippen LogP contribution is -2.05. The maximum Gasteiger partial charge on any atom is 0.317 e. The number of H-pyrrole nitrogens is 1. The van der Waals surface area contributed by atoms with Crippen molar-refractivity contribution in [2.75, 3.05) is 0 Å². The largest absolute Gasteiger partial charge is 0.319 e. The lowest BCUT2D eigenvalue weighted by atomic mass is 10.3. The van der Waals surface area contributed by atoms with Crippen LogP contribution in [0.15, 0.2) is 38.7 Å². The van der Waals surface area contributed by atoms with Gasteiger partial charge in [-0.25, -0.2) is 4.98 Å². The molecule has 0 saturated carbocycles. The fraction of sp³-hybridized carbons (Fsp3) is 0. The van der Waals surface area contributed by atoms with Crippen molar-refractivity contribution in [3.8, 4) is 0 Å². The number of sulfonamides is 1. The standard InChI is InChI=1S/C8H5N3O4S/c12-8-4-9-7-3-5(16(14,15)11-13)1-2-6(7)10-8/h1-4H,(H,10,12). The zero-order valence-corrected chi connectivity index (χ0v) is 8.56. The van der Waals surface area contributed by atoms with Gasteiger partial charge in [-0.05, 0) is 18.2 Å². The van der Waals surface area contributed by atoms with E-state index in [1.807, 2.05) is 4.58 Å². The third-order valence-electron chi connectivity index (χ3n) is 1.94. The van der Waals surface area contributed by atoms with Gasteiger partial charge in [0.2, 0.25) is 0 Å². The summed E-state index contributed by atoms with van der Waals surface area (Å²) in [5.74, 6) is 0. The van der Waals surface area contributed by atoms with Crippen LogP contribution in [-0.4, -0.2) is 18.4 Å². The second-order valence-corrected chi connectivity index (χ2v) is 4.55. The Labute approximate surface area is 89.2 Å². The molecule has 1 aromatic heterocycles. The van der Waals surface area contributed by atoms with Gasteiger partial charge < -0.3 is 4.98 Å². The molecule has 82 valence electrons. The van der Waals surface area contributed by atoms with Gasteiger partial charge in [0.1, 0.15) is 0 Å². The predicted octanol–water partition coefficient (Wildman–Crippen LogP) is 0.378. The van der Waals surface area contributed by atoms with Crippen molar-refractivity contribution >= 4 is 21.1 Å². The molecule has 7 nitrogen and oxygen atoms in total. The van der Waals surface area contributed by atoms with Crippen molar-refractivity contribution in [1.29, 1.82) is 0 Å². The average molecular weight is 239 g/mol. The van der Waals surface area contributed by atoms with Gasteiger partial charge in [0.15, 0.2) is 0 Å². The molecule has 0 amide bonds. The molecule has 0 bridgehead atoms. The maximum atomic E-state index is 11.1. The molecule has 1 heterocycles. The molecule has 2 aromatic rings. The van der Waals surface area contributed by atoms with E-state index in [2.05, 4.69) is 9.97 Å². The summed E-state index contributed by atoms with van der Waals surface area (Å²) in [5.41, 5.74) is 0.262. The molecule has 0 aliphatic rings. The van der Waals surface area contributed by atoms with Gasteiger partial charge in [-0.2, -0.15) is 8.42 Å². The zero-order valence-electron chi connectivity index (χ0n) is 7.75. The summed E-state index contributed by atoms with van der Waals surface area (Å²) in [6.45, 7) is 0.